The minimum atomic E-state index is -0.223. The Hall–Kier alpha value is -1.15. The van der Waals surface area contributed by atoms with E-state index in [9.17, 15) is 9.59 Å². The second kappa shape index (κ2) is 5.49. The summed E-state index contributed by atoms with van der Waals surface area (Å²) in [4.78, 5) is 24.1. The fraction of sp³-hybridized carbons (Fsp3) is 0.778. The van der Waals surface area contributed by atoms with Crippen molar-refractivity contribution in [3.05, 3.63) is 0 Å². The molecule has 0 radical (unpaired) electrons. The largest absolute Gasteiger partial charge is 0.441 e. The Morgan fingerprint density at radius 3 is 2.69 bits per heavy atom. The number of esters is 1. The first-order chi connectivity index (χ1) is 6.34. The summed E-state index contributed by atoms with van der Waals surface area (Å²) in [7, 11) is 0. The summed E-state index contributed by atoms with van der Waals surface area (Å²) in [6.07, 6.45) is 6.53. The molecule has 72 valence electrons. The number of carbonyl (C=O) groups is 1. The van der Waals surface area contributed by atoms with Crippen molar-refractivity contribution in [1.82, 2.24) is 0 Å². The second-order valence-corrected chi connectivity index (χ2v) is 3.18. The fourth-order valence-corrected chi connectivity index (χ4v) is 1.58. The van der Waals surface area contributed by atoms with E-state index in [4.69, 9.17) is 4.74 Å². The highest BCUT2D eigenvalue weighted by Crippen LogP contribution is 2.24. The van der Waals surface area contributed by atoms with Gasteiger partial charge < -0.3 is 4.74 Å². The highest BCUT2D eigenvalue weighted by Gasteiger charge is 2.21. The molecule has 0 aromatic heterocycles. The highest BCUT2D eigenvalue weighted by atomic mass is 16.5. The molecular formula is C9H13NO3. The first-order valence-electron chi connectivity index (χ1n) is 4.55. The minimum Gasteiger partial charge on any atom is -0.441 e. The third-order valence-electron chi connectivity index (χ3n) is 2.27. The number of isocyanates is 1. The van der Waals surface area contributed by atoms with E-state index in [1.807, 2.05) is 0 Å². The molecule has 0 amide bonds. The lowest BCUT2D eigenvalue weighted by atomic mass is 9.89. The van der Waals surface area contributed by atoms with E-state index in [1.165, 1.54) is 12.5 Å². The zero-order valence-corrected chi connectivity index (χ0v) is 7.49. The molecule has 0 bridgehead atoms. The third-order valence-corrected chi connectivity index (χ3v) is 2.27. The van der Waals surface area contributed by atoms with Crippen LogP contribution in [0, 0.1) is 5.92 Å². The maximum absolute atomic E-state index is 11.3. The van der Waals surface area contributed by atoms with Crippen LogP contribution in [0.25, 0.3) is 0 Å². The number of ether oxygens (including phenoxy) is 1. The average Bonchev–Trinajstić information content (AvgIpc) is 2.19. The standard InChI is InChI=1S/C9H13NO3/c11-6-10-7-13-9(12)8-4-2-1-3-5-8/h8H,1-5,7H2. The molecule has 4 nitrogen and oxygen atoms in total. The Morgan fingerprint density at radius 1 is 1.38 bits per heavy atom. The van der Waals surface area contributed by atoms with Crippen molar-refractivity contribution in [3.63, 3.8) is 0 Å². The first kappa shape index (κ1) is 9.93. The van der Waals surface area contributed by atoms with Gasteiger partial charge in [-0.05, 0) is 12.8 Å². The van der Waals surface area contributed by atoms with Gasteiger partial charge in [-0.15, -0.1) is 0 Å². The van der Waals surface area contributed by atoms with Crippen molar-refractivity contribution < 1.29 is 14.3 Å². The summed E-state index contributed by atoms with van der Waals surface area (Å²) in [5, 5.41) is 0. The third kappa shape index (κ3) is 3.38. The monoisotopic (exact) mass is 183 g/mol. The van der Waals surface area contributed by atoms with Gasteiger partial charge in [-0.25, -0.2) is 4.79 Å². The molecule has 1 fully saturated rings. The summed E-state index contributed by atoms with van der Waals surface area (Å²) in [6.45, 7) is -0.182. The van der Waals surface area contributed by atoms with Crippen LogP contribution in [-0.4, -0.2) is 18.8 Å². The summed E-state index contributed by atoms with van der Waals surface area (Å²) >= 11 is 0. The molecule has 1 aliphatic rings. The molecule has 0 atom stereocenters. The highest BCUT2D eigenvalue weighted by molar-refractivity contribution is 5.72. The van der Waals surface area contributed by atoms with Gasteiger partial charge in [0.1, 0.15) is 0 Å². The topological polar surface area (TPSA) is 55.7 Å². The summed E-state index contributed by atoms with van der Waals surface area (Å²) in [5.74, 6) is -0.200. The molecule has 0 aliphatic heterocycles. The van der Waals surface area contributed by atoms with Crippen LogP contribution in [0.4, 0.5) is 0 Å². The number of hydrogen-bond acceptors (Lipinski definition) is 4. The molecule has 1 aliphatic carbocycles. The van der Waals surface area contributed by atoms with Crippen LogP contribution < -0.4 is 0 Å². The quantitative estimate of drug-likeness (QED) is 0.377. The molecule has 1 rings (SSSR count). The first-order valence-corrected chi connectivity index (χ1v) is 4.55. The normalized spacial score (nSPS) is 17.5. The average molecular weight is 183 g/mol. The van der Waals surface area contributed by atoms with E-state index < -0.39 is 0 Å². The molecular weight excluding hydrogens is 170 g/mol. The van der Waals surface area contributed by atoms with Gasteiger partial charge in [0.2, 0.25) is 6.08 Å². The van der Waals surface area contributed by atoms with Gasteiger partial charge in [-0.1, -0.05) is 19.3 Å². The van der Waals surface area contributed by atoms with Crippen molar-refractivity contribution in [3.8, 4) is 0 Å². The maximum atomic E-state index is 11.3. The van der Waals surface area contributed by atoms with Gasteiger partial charge in [0, 0.05) is 0 Å². The number of hydrogen-bond donors (Lipinski definition) is 0. The van der Waals surface area contributed by atoms with Crippen molar-refractivity contribution in [1.29, 1.82) is 0 Å². The summed E-state index contributed by atoms with van der Waals surface area (Å²) < 4.78 is 4.75. The predicted octanol–water partition coefficient (Wildman–Crippen LogP) is 1.40. The van der Waals surface area contributed by atoms with Gasteiger partial charge in [0.05, 0.1) is 5.92 Å². The van der Waals surface area contributed by atoms with E-state index in [1.54, 1.807) is 0 Å². The van der Waals surface area contributed by atoms with Crippen molar-refractivity contribution >= 4 is 12.0 Å². The second-order valence-electron chi connectivity index (χ2n) is 3.18. The number of carbonyl (C=O) groups excluding carboxylic acids is 2. The summed E-state index contributed by atoms with van der Waals surface area (Å²) in [5.41, 5.74) is 0. The molecule has 0 aromatic carbocycles. The Morgan fingerprint density at radius 2 is 2.08 bits per heavy atom. The molecule has 0 aromatic rings. The Labute approximate surface area is 77.0 Å². The lowest BCUT2D eigenvalue weighted by molar-refractivity contribution is -0.149. The van der Waals surface area contributed by atoms with E-state index in [0.29, 0.717) is 0 Å². The lowest BCUT2D eigenvalue weighted by Gasteiger charge is -2.18. The van der Waals surface area contributed by atoms with Crippen LogP contribution in [0.3, 0.4) is 0 Å². The Bertz CT molecular complexity index is 215. The van der Waals surface area contributed by atoms with Crippen LogP contribution in [0.2, 0.25) is 0 Å². The molecule has 0 heterocycles. The molecule has 0 unspecified atom stereocenters. The SMILES string of the molecule is O=C=NCOC(=O)C1CCCCC1. The zero-order chi connectivity index (χ0) is 9.52. The number of nitrogens with zero attached hydrogens (tertiary/aromatic N) is 1. The van der Waals surface area contributed by atoms with E-state index in [2.05, 4.69) is 4.99 Å². The van der Waals surface area contributed by atoms with Gasteiger partial charge in [0.15, 0.2) is 6.73 Å². The van der Waals surface area contributed by atoms with Gasteiger partial charge in [-0.3, -0.25) is 4.79 Å². The van der Waals surface area contributed by atoms with Crippen LogP contribution in [0.1, 0.15) is 32.1 Å². The Kier molecular flexibility index (Phi) is 4.19. The predicted molar refractivity (Wildman–Crippen MR) is 45.7 cm³/mol. The number of aliphatic imine (C=N–C) groups is 1. The fourth-order valence-electron chi connectivity index (χ4n) is 1.58. The molecule has 0 saturated heterocycles. The molecule has 0 N–H and O–H groups in total. The van der Waals surface area contributed by atoms with Crippen molar-refractivity contribution in [2.24, 2.45) is 10.9 Å². The molecule has 1 saturated carbocycles. The van der Waals surface area contributed by atoms with Gasteiger partial charge in [0.25, 0.3) is 0 Å². The van der Waals surface area contributed by atoms with Crippen LogP contribution in [-0.2, 0) is 14.3 Å². The molecule has 0 spiro atoms. The lowest BCUT2D eigenvalue weighted by Crippen LogP contribution is -2.20. The molecule has 4 heteroatoms. The van der Waals surface area contributed by atoms with Crippen LogP contribution in [0.15, 0.2) is 4.99 Å². The van der Waals surface area contributed by atoms with E-state index in [-0.39, 0.29) is 18.6 Å². The van der Waals surface area contributed by atoms with Gasteiger partial charge in [-0.2, -0.15) is 4.99 Å². The van der Waals surface area contributed by atoms with Crippen molar-refractivity contribution in [2.45, 2.75) is 32.1 Å². The maximum Gasteiger partial charge on any atom is 0.310 e. The van der Waals surface area contributed by atoms with Crippen molar-refractivity contribution in [2.75, 3.05) is 6.73 Å². The van der Waals surface area contributed by atoms with E-state index in [0.717, 1.165) is 25.7 Å². The van der Waals surface area contributed by atoms with Crippen LogP contribution >= 0.6 is 0 Å². The minimum absolute atomic E-state index is 0.0237. The number of rotatable bonds is 3. The molecule has 13 heavy (non-hydrogen) atoms. The van der Waals surface area contributed by atoms with Crippen LogP contribution in [0.5, 0.6) is 0 Å². The Balaban J connectivity index is 2.24. The smallest absolute Gasteiger partial charge is 0.310 e. The van der Waals surface area contributed by atoms with E-state index >= 15 is 0 Å². The zero-order valence-electron chi connectivity index (χ0n) is 7.49. The summed E-state index contributed by atoms with van der Waals surface area (Å²) in [6, 6.07) is 0. The van der Waals surface area contributed by atoms with Gasteiger partial charge >= 0.3 is 5.97 Å².